The number of hydrogen-bond donors (Lipinski definition) is 1. The highest BCUT2D eigenvalue weighted by Gasteiger charge is 2.14. The number of methoxy groups -OCH3 is 1. The average Bonchev–Trinajstić information content (AvgIpc) is 2.82. The molecule has 0 aliphatic carbocycles. The highest BCUT2D eigenvalue weighted by Crippen LogP contribution is 2.30. The molecule has 0 radical (unpaired) electrons. The molecule has 0 fully saturated rings. The van der Waals surface area contributed by atoms with Crippen molar-refractivity contribution in [1.82, 2.24) is 15.0 Å². The number of aromatic nitrogens is 3. The first-order valence-corrected chi connectivity index (χ1v) is 5.32. The maximum Gasteiger partial charge on any atom is 0.164 e. The van der Waals surface area contributed by atoms with E-state index in [0.717, 1.165) is 22.7 Å². The van der Waals surface area contributed by atoms with Crippen LogP contribution in [0.2, 0.25) is 0 Å². The maximum absolute atomic E-state index is 5.31. The molecule has 0 saturated carbocycles. The topological polar surface area (TPSA) is 50.8 Å². The number of nitrogens with zero attached hydrogens (tertiary/aromatic N) is 2. The molecule has 0 aromatic heterocycles. The molecule has 0 unspecified atom stereocenters. The lowest BCUT2D eigenvalue weighted by molar-refractivity contribution is 0.416. The summed E-state index contributed by atoms with van der Waals surface area (Å²) in [5.41, 5.74) is 2.64. The van der Waals surface area contributed by atoms with E-state index in [1.165, 1.54) is 0 Å². The van der Waals surface area contributed by atoms with Gasteiger partial charge in [0.15, 0.2) is 5.82 Å². The summed E-state index contributed by atoms with van der Waals surface area (Å²) in [6.45, 7) is 0. The molecule has 0 amide bonds. The van der Waals surface area contributed by atoms with Gasteiger partial charge in [-0.25, -0.2) is 9.97 Å². The van der Waals surface area contributed by atoms with E-state index in [4.69, 9.17) is 4.74 Å². The summed E-state index contributed by atoms with van der Waals surface area (Å²) in [6.07, 6.45) is 3.67. The molecule has 1 aromatic rings. The van der Waals surface area contributed by atoms with E-state index in [9.17, 15) is 0 Å². The van der Waals surface area contributed by atoms with Crippen LogP contribution < -0.4 is 4.74 Å². The van der Waals surface area contributed by atoms with E-state index < -0.39 is 0 Å². The molecule has 84 valence electrons. The van der Waals surface area contributed by atoms with Gasteiger partial charge in [-0.15, -0.1) is 0 Å². The van der Waals surface area contributed by atoms with Crippen molar-refractivity contribution in [2.45, 2.75) is 0 Å². The fraction of sp³-hybridized carbons (Fsp3) is 0.0769. The Labute approximate surface area is 98.7 Å². The summed E-state index contributed by atoms with van der Waals surface area (Å²) in [7, 11) is 1.65. The van der Waals surface area contributed by atoms with Crippen LogP contribution in [0.4, 0.5) is 0 Å². The SMILES string of the molecule is COc1ccccc1-c1nc2cc[nH]cc-2n1. The predicted molar refractivity (Wildman–Crippen MR) is 65.0 cm³/mol. The molecular formula is C13H11N3O. The third-order valence-electron chi connectivity index (χ3n) is 2.62. The van der Waals surface area contributed by atoms with Crippen molar-refractivity contribution >= 4 is 0 Å². The number of benzene rings is 1. The minimum Gasteiger partial charge on any atom is -0.496 e. The Bertz CT molecular complexity index is 588. The fourth-order valence-electron chi connectivity index (χ4n) is 1.80. The van der Waals surface area contributed by atoms with Gasteiger partial charge in [-0.1, -0.05) is 12.1 Å². The molecule has 2 aliphatic heterocycles. The number of pyridine rings is 1. The number of rotatable bonds is 2. The summed E-state index contributed by atoms with van der Waals surface area (Å²) in [6, 6.07) is 9.64. The minimum atomic E-state index is 0.692. The Hall–Kier alpha value is -2.36. The number of fused-ring (bicyclic) bond motifs is 1. The van der Waals surface area contributed by atoms with Gasteiger partial charge in [-0.2, -0.15) is 0 Å². The third-order valence-corrected chi connectivity index (χ3v) is 2.62. The maximum atomic E-state index is 5.31. The largest absolute Gasteiger partial charge is 0.496 e. The average molecular weight is 225 g/mol. The first-order chi connectivity index (χ1) is 8.38. The van der Waals surface area contributed by atoms with Gasteiger partial charge in [0.25, 0.3) is 0 Å². The van der Waals surface area contributed by atoms with Crippen molar-refractivity contribution in [2.75, 3.05) is 7.11 Å². The van der Waals surface area contributed by atoms with Crippen molar-refractivity contribution < 1.29 is 4.74 Å². The fourth-order valence-corrected chi connectivity index (χ4v) is 1.80. The van der Waals surface area contributed by atoms with Gasteiger partial charge in [0.05, 0.1) is 18.4 Å². The molecule has 3 rings (SSSR count). The van der Waals surface area contributed by atoms with E-state index in [2.05, 4.69) is 15.0 Å². The molecule has 0 bridgehead atoms. The van der Waals surface area contributed by atoms with Crippen molar-refractivity contribution in [3.8, 4) is 28.5 Å². The summed E-state index contributed by atoms with van der Waals surface area (Å²) < 4.78 is 5.31. The summed E-state index contributed by atoms with van der Waals surface area (Å²) in [4.78, 5) is 11.9. The first-order valence-electron chi connectivity index (χ1n) is 5.32. The summed E-state index contributed by atoms with van der Waals surface area (Å²) in [5.74, 6) is 1.48. The molecule has 2 heterocycles. The second-order valence-electron chi connectivity index (χ2n) is 3.66. The van der Waals surface area contributed by atoms with Crippen LogP contribution in [0.3, 0.4) is 0 Å². The van der Waals surface area contributed by atoms with Crippen LogP contribution in [-0.2, 0) is 0 Å². The lowest BCUT2D eigenvalue weighted by Crippen LogP contribution is -1.88. The van der Waals surface area contributed by atoms with Crippen molar-refractivity contribution in [1.29, 1.82) is 0 Å². The molecule has 0 spiro atoms. The van der Waals surface area contributed by atoms with E-state index in [0.29, 0.717) is 5.82 Å². The molecule has 17 heavy (non-hydrogen) atoms. The predicted octanol–water partition coefficient (Wildman–Crippen LogP) is 2.59. The molecule has 2 aliphatic rings. The van der Waals surface area contributed by atoms with Gasteiger partial charge < -0.3 is 9.72 Å². The number of aromatic amines is 1. The van der Waals surface area contributed by atoms with Gasteiger partial charge in [0, 0.05) is 12.4 Å². The Morgan fingerprint density at radius 1 is 1.06 bits per heavy atom. The molecule has 0 saturated heterocycles. The van der Waals surface area contributed by atoms with Crippen molar-refractivity contribution in [3.05, 3.63) is 42.7 Å². The van der Waals surface area contributed by atoms with Gasteiger partial charge in [0.2, 0.25) is 0 Å². The second kappa shape index (κ2) is 3.90. The normalized spacial score (nSPS) is 10.6. The van der Waals surface area contributed by atoms with E-state index >= 15 is 0 Å². The van der Waals surface area contributed by atoms with Gasteiger partial charge in [-0.05, 0) is 18.2 Å². The number of para-hydroxylation sites is 1. The van der Waals surface area contributed by atoms with Crippen LogP contribution in [-0.4, -0.2) is 22.1 Å². The zero-order chi connectivity index (χ0) is 11.7. The Kier molecular flexibility index (Phi) is 2.26. The zero-order valence-corrected chi connectivity index (χ0v) is 9.34. The highest BCUT2D eigenvalue weighted by atomic mass is 16.5. The Morgan fingerprint density at radius 3 is 2.71 bits per heavy atom. The van der Waals surface area contributed by atoms with Crippen LogP contribution in [0.25, 0.3) is 22.8 Å². The highest BCUT2D eigenvalue weighted by molar-refractivity contribution is 5.69. The van der Waals surface area contributed by atoms with Crippen LogP contribution in [0.15, 0.2) is 42.7 Å². The molecule has 1 N–H and O–H groups in total. The lowest BCUT2D eigenvalue weighted by Gasteiger charge is -2.03. The van der Waals surface area contributed by atoms with E-state index in [1.54, 1.807) is 7.11 Å². The number of nitrogens with one attached hydrogen (secondary N) is 1. The summed E-state index contributed by atoms with van der Waals surface area (Å²) >= 11 is 0. The molecule has 4 nitrogen and oxygen atoms in total. The number of imidazole rings is 1. The second-order valence-corrected chi connectivity index (χ2v) is 3.66. The number of ether oxygens (including phenoxy) is 1. The van der Waals surface area contributed by atoms with Crippen LogP contribution in [0.1, 0.15) is 0 Å². The number of hydrogen-bond acceptors (Lipinski definition) is 3. The van der Waals surface area contributed by atoms with Gasteiger partial charge >= 0.3 is 0 Å². The lowest BCUT2D eigenvalue weighted by atomic mass is 10.2. The van der Waals surface area contributed by atoms with Crippen molar-refractivity contribution in [2.24, 2.45) is 0 Å². The smallest absolute Gasteiger partial charge is 0.164 e. The standard InChI is InChI=1S/C13H11N3O/c1-17-12-5-3-2-4-9(12)13-15-10-6-7-14-8-11(10)16-13/h2-8,14H,1H3. The van der Waals surface area contributed by atoms with Gasteiger partial charge in [0.1, 0.15) is 11.4 Å². The quantitative estimate of drug-likeness (QED) is 0.729. The van der Waals surface area contributed by atoms with Gasteiger partial charge in [-0.3, -0.25) is 0 Å². The molecule has 4 heteroatoms. The van der Waals surface area contributed by atoms with Crippen LogP contribution in [0.5, 0.6) is 5.75 Å². The Morgan fingerprint density at radius 2 is 1.88 bits per heavy atom. The third kappa shape index (κ3) is 1.63. The first kappa shape index (κ1) is 9.84. The zero-order valence-electron chi connectivity index (χ0n) is 9.34. The molecule has 1 aromatic carbocycles. The Balaban J connectivity index is 2.18. The molecule has 0 atom stereocenters. The number of H-pyrrole nitrogens is 1. The van der Waals surface area contributed by atoms with E-state index in [-0.39, 0.29) is 0 Å². The van der Waals surface area contributed by atoms with E-state index in [1.807, 2.05) is 42.7 Å². The van der Waals surface area contributed by atoms with Crippen molar-refractivity contribution in [3.63, 3.8) is 0 Å². The summed E-state index contributed by atoms with van der Waals surface area (Å²) in [5, 5.41) is 0. The van der Waals surface area contributed by atoms with Crippen LogP contribution >= 0.6 is 0 Å². The molecular weight excluding hydrogens is 214 g/mol. The minimum absolute atomic E-state index is 0.692. The van der Waals surface area contributed by atoms with Crippen LogP contribution in [0, 0.1) is 0 Å². The monoisotopic (exact) mass is 225 g/mol.